The highest BCUT2D eigenvalue weighted by atomic mass is 35.5. The summed E-state index contributed by atoms with van der Waals surface area (Å²) in [6.45, 7) is 8.86. The number of ether oxygens (including phenoxy) is 1. The Kier molecular flexibility index (Phi) is 8.58. The summed E-state index contributed by atoms with van der Waals surface area (Å²) < 4.78 is 5.34. The number of hydrogen-bond donors (Lipinski definition) is 1. The van der Waals surface area contributed by atoms with Crippen LogP contribution in [-0.2, 0) is 19.1 Å². The Hall–Kier alpha value is -1.78. The highest BCUT2D eigenvalue weighted by molar-refractivity contribution is 6.27. The summed E-state index contributed by atoms with van der Waals surface area (Å²) in [5, 5.41) is 11.0. The summed E-state index contributed by atoms with van der Waals surface area (Å²) in [7, 11) is 0. The van der Waals surface area contributed by atoms with E-state index in [4.69, 9.17) is 33.2 Å². The first-order valence-electron chi connectivity index (χ1n) is 8.62. The number of amides is 2. The molecule has 0 bridgehead atoms. The predicted octanol–water partition coefficient (Wildman–Crippen LogP) is 2.47. The molecule has 0 aromatic carbocycles. The van der Waals surface area contributed by atoms with Crippen LogP contribution < -0.4 is 5.32 Å². The number of halogens is 2. The molecule has 7 nitrogen and oxygen atoms in total. The van der Waals surface area contributed by atoms with Gasteiger partial charge in [0.15, 0.2) is 6.04 Å². The van der Waals surface area contributed by atoms with Crippen LogP contribution in [0.5, 0.6) is 0 Å². The van der Waals surface area contributed by atoms with Gasteiger partial charge in [-0.15, -0.1) is 11.6 Å². The second-order valence-corrected chi connectivity index (χ2v) is 7.97. The monoisotopic (exact) mass is 417 g/mol. The van der Waals surface area contributed by atoms with Crippen molar-refractivity contribution in [1.82, 2.24) is 10.2 Å². The number of unbranched alkanes of at least 4 members (excludes halogenated alkanes) is 2. The number of β-lactam (4-membered cyclic amide) rings is 1. The van der Waals surface area contributed by atoms with Crippen molar-refractivity contribution in [2.45, 2.75) is 69.6 Å². The molecular weight excluding hydrogens is 393 g/mol. The van der Waals surface area contributed by atoms with Crippen molar-refractivity contribution in [3.8, 4) is 6.07 Å². The maximum absolute atomic E-state index is 12.5. The molecule has 0 aromatic heterocycles. The molecule has 2 amide bonds. The van der Waals surface area contributed by atoms with Crippen LogP contribution in [0, 0.1) is 11.3 Å². The van der Waals surface area contributed by atoms with Crippen molar-refractivity contribution in [2.75, 3.05) is 5.88 Å². The Bertz CT molecular complexity index is 639. The zero-order chi connectivity index (χ0) is 20.8. The van der Waals surface area contributed by atoms with Gasteiger partial charge in [-0.3, -0.25) is 9.59 Å². The zero-order valence-corrected chi connectivity index (χ0v) is 17.3. The van der Waals surface area contributed by atoms with E-state index in [2.05, 4.69) is 11.9 Å². The lowest BCUT2D eigenvalue weighted by Gasteiger charge is -2.47. The van der Waals surface area contributed by atoms with E-state index in [0.29, 0.717) is 19.3 Å². The third kappa shape index (κ3) is 6.40. The van der Waals surface area contributed by atoms with Gasteiger partial charge in [0.05, 0.1) is 6.07 Å². The van der Waals surface area contributed by atoms with E-state index < -0.39 is 35.1 Å². The van der Waals surface area contributed by atoms with Crippen LogP contribution in [0.25, 0.3) is 0 Å². The van der Waals surface area contributed by atoms with E-state index >= 15 is 0 Å². The Morgan fingerprint density at radius 3 is 2.52 bits per heavy atom. The summed E-state index contributed by atoms with van der Waals surface area (Å²) in [5.74, 6) is -1.55. The molecule has 1 rings (SSSR count). The number of esters is 1. The third-order valence-corrected chi connectivity index (χ3v) is 4.59. The smallest absolute Gasteiger partial charge is 0.333 e. The van der Waals surface area contributed by atoms with E-state index in [1.165, 1.54) is 0 Å². The lowest BCUT2D eigenvalue weighted by Crippen LogP contribution is -2.72. The minimum Gasteiger partial charge on any atom is -0.458 e. The molecule has 0 spiro atoms. The second kappa shape index (κ2) is 9.95. The zero-order valence-electron chi connectivity index (χ0n) is 15.8. The third-order valence-electron chi connectivity index (χ3n) is 3.79. The maximum Gasteiger partial charge on any atom is 0.333 e. The second-order valence-electron chi connectivity index (χ2n) is 7.26. The number of nitrogens with one attached hydrogen (secondary N) is 1. The fourth-order valence-corrected chi connectivity index (χ4v) is 3.05. The Balaban J connectivity index is 2.75. The van der Waals surface area contributed by atoms with E-state index in [1.54, 1.807) is 20.8 Å². The van der Waals surface area contributed by atoms with Gasteiger partial charge < -0.3 is 15.0 Å². The molecule has 1 heterocycles. The minimum atomic E-state index is -1.11. The Morgan fingerprint density at radius 2 is 2.04 bits per heavy atom. The Morgan fingerprint density at radius 1 is 1.41 bits per heavy atom. The molecule has 0 saturated carbocycles. The lowest BCUT2D eigenvalue weighted by atomic mass is 9.98. The number of alkyl halides is 2. The average molecular weight is 418 g/mol. The fourth-order valence-electron chi connectivity index (χ4n) is 2.52. The first-order valence-corrected chi connectivity index (χ1v) is 9.59. The molecule has 1 fully saturated rings. The quantitative estimate of drug-likeness (QED) is 0.155. The molecule has 27 heavy (non-hydrogen) atoms. The summed E-state index contributed by atoms with van der Waals surface area (Å²) in [6.07, 6.45) is 1.72. The summed E-state index contributed by atoms with van der Waals surface area (Å²) in [6, 6.07) is -0.0351. The molecule has 1 aliphatic heterocycles. The molecule has 0 radical (unpaired) electrons. The van der Waals surface area contributed by atoms with Crippen molar-refractivity contribution in [1.29, 1.82) is 5.26 Å². The van der Waals surface area contributed by atoms with Crippen LogP contribution in [0.2, 0.25) is 0 Å². The molecular formula is C18H25Cl2N3O4. The molecule has 1 aliphatic rings. The van der Waals surface area contributed by atoms with Gasteiger partial charge in [-0.25, -0.2) is 4.79 Å². The van der Waals surface area contributed by atoms with Gasteiger partial charge in [-0.05, 0) is 39.2 Å². The molecule has 0 aliphatic carbocycles. The van der Waals surface area contributed by atoms with Gasteiger partial charge in [0, 0.05) is 18.7 Å². The number of nitrogens with zero attached hydrogens (tertiary/aromatic N) is 2. The van der Waals surface area contributed by atoms with Gasteiger partial charge in [0.25, 0.3) is 5.91 Å². The van der Waals surface area contributed by atoms with Crippen molar-refractivity contribution >= 4 is 41.0 Å². The molecule has 1 N–H and O–H groups in total. The topological polar surface area (TPSA) is 99.5 Å². The first-order chi connectivity index (χ1) is 12.5. The van der Waals surface area contributed by atoms with Crippen molar-refractivity contribution in [3.63, 3.8) is 0 Å². The number of likely N-dealkylation sites (tertiary alicyclic amines) is 1. The van der Waals surface area contributed by atoms with Crippen LogP contribution in [0.15, 0.2) is 12.2 Å². The molecule has 150 valence electrons. The van der Waals surface area contributed by atoms with E-state index in [-0.39, 0.29) is 23.8 Å². The van der Waals surface area contributed by atoms with Gasteiger partial charge in [0.1, 0.15) is 17.1 Å². The van der Waals surface area contributed by atoms with Crippen LogP contribution in [0.3, 0.4) is 0 Å². The van der Waals surface area contributed by atoms with Crippen molar-refractivity contribution in [3.05, 3.63) is 12.2 Å². The van der Waals surface area contributed by atoms with Gasteiger partial charge in [-0.1, -0.05) is 18.2 Å². The van der Waals surface area contributed by atoms with Crippen molar-refractivity contribution in [2.24, 2.45) is 0 Å². The standard InChI is InChI=1S/C18H25Cl2N3O4/c1-11(10-19)14(17(26)27-18(2,3)4)23-15(20)13(16(23)25)22-12(24)8-6-5-7-9-21/h13-15H,1,5-8,10H2,2-4H3,(H,22,24). The SMILES string of the molecule is C=C(CCl)C(C(=O)OC(C)(C)C)N1C(=O)C(NC(=O)CCCCC#N)C1Cl. The van der Waals surface area contributed by atoms with Crippen LogP contribution in [0.1, 0.15) is 46.5 Å². The van der Waals surface area contributed by atoms with Crippen LogP contribution in [-0.4, -0.2) is 51.7 Å². The minimum absolute atomic E-state index is 0.0484. The molecule has 0 aromatic rings. The number of nitriles is 1. The number of carbonyl (C=O) groups excluding carboxylic acids is 3. The highest BCUT2D eigenvalue weighted by Crippen LogP contribution is 2.31. The number of rotatable bonds is 9. The van der Waals surface area contributed by atoms with Crippen molar-refractivity contribution < 1.29 is 19.1 Å². The highest BCUT2D eigenvalue weighted by Gasteiger charge is 2.53. The van der Waals surface area contributed by atoms with Gasteiger partial charge in [-0.2, -0.15) is 5.26 Å². The number of carbonyl (C=O) groups is 3. The van der Waals surface area contributed by atoms with Crippen LogP contribution >= 0.6 is 23.2 Å². The largest absolute Gasteiger partial charge is 0.458 e. The molecule has 3 unspecified atom stereocenters. The van der Waals surface area contributed by atoms with E-state index in [1.807, 2.05) is 6.07 Å². The van der Waals surface area contributed by atoms with Crippen LogP contribution in [0.4, 0.5) is 0 Å². The Labute approximate surface area is 169 Å². The van der Waals surface area contributed by atoms with Gasteiger partial charge >= 0.3 is 5.97 Å². The lowest BCUT2D eigenvalue weighted by molar-refractivity contribution is -0.170. The summed E-state index contributed by atoms with van der Waals surface area (Å²) >= 11 is 12.1. The van der Waals surface area contributed by atoms with E-state index in [0.717, 1.165) is 4.90 Å². The molecule has 1 saturated heterocycles. The summed E-state index contributed by atoms with van der Waals surface area (Å²) in [4.78, 5) is 38.1. The van der Waals surface area contributed by atoms with E-state index in [9.17, 15) is 14.4 Å². The molecule has 3 atom stereocenters. The first kappa shape index (κ1) is 23.3. The fraction of sp³-hybridized carbons (Fsp3) is 0.667. The normalized spacial score (nSPS) is 20.3. The van der Waals surface area contributed by atoms with Gasteiger partial charge in [0.2, 0.25) is 5.91 Å². The molecule has 9 heteroatoms. The average Bonchev–Trinajstić information content (AvgIpc) is 2.58. The summed E-state index contributed by atoms with van der Waals surface area (Å²) in [5.41, 5.74) is -1.39. The number of hydrogen-bond acceptors (Lipinski definition) is 5. The predicted molar refractivity (Wildman–Crippen MR) is 102 cm³/mol. The maximum atomic E-state index is 12.5.